The van der Waals surface area contributed by atoms with E-state index < -0.39 is 0 Å². The standard InChI is InChI=1S/C14H20N4OS.ClH/c1-9-5-17(6-10(2)15-9)7-12-4-13(19)18-11(3)8-20-14(18)16-12;/h4,8-10,15H,5-7H2,1-3H3;1H. The van der Waals surface area contributed by atoms with Gasteiger partial charge in [-0.1, -0.05) is 0 Å². The molecule has 0 saturated carbocycles. The van der Waals surface area contributed by atoms with Crippen molar-refractivity contribution in [2.24, 2.45) is 0 Å². The molecule has 2 atom stereocenters. The average Bonchev–Trinajstić information content (AvgIpc) is 2.69. The van der Waals surface area contributed by atoms with Crippen molar-refractivity contribution in [2.75, 3.05) is 13.1 Å². The molecule has 1 fully saturated rings. The number of thiazole rings is 1. The molecule has 3 heterocycles. The van der Waals surface area contributed by atoms with Gasteiger partial charge in [-0.15, -0.1) is 23.7 Å². The highest BCUT2D eigenvalue weighted by Crippen LogP contribution is 2.13. The Kier molecular flexibility index (Phi) is 5.03. The van der Waals surface area contributed by atoms with E-state index in [2.05, 4.69) is 29.0 Å². The minimum atomic E-state index is 0. The molecule has 0 amide bonds. The summed E-state index contributed by atoms with van der Waals surface area (Å²) in [6, 6.07) is 2.63. The van der Waals surface area contributed by atoms with Crippen LogP contribution in [0.25, 0.3) is 4.96 Å². The third-order valence-corrected chi connectivity index (χ3v) is 4.59. The fourth-order valence-electron chi connectivity index (χ4n) is 2.98. The second kappa shape index (κ2) is 6.44. The topological polar surface area (TPSA) is 49.6 Å². The predicted octanol–water partition coefficient (Wildman–Crippen LogP) is 1.67. The van der Waals surface area contributed by atoms with Gasteiger partial charge in [0.2, 0.25) is 0 Å². The molecule has 0 aromatic carbocycles. The van der Waals surface area contributed by atoms with Gasteiger partial charge in [0, 0.05) is 48.9 Å². The van der Waals surface area contributed by atoms with Crippen molar-refractivity contribution in [1.29, 1.82) is 0 Å². The van der Waals surface area contributed by atoms with Crippen LogP contribution in [0.3, 0.4) is 0 Å². The fraction of sp³-hybridized carbons (Fsp3) is 0.571. The number of halogens is 1. The Morgan fingerprint density at radius 3 is 2.71 bits per heavy atom. The first kappa shape index (κ1) is 16.4. The Balaban J connectivity index is 0.00000161. The van der Waals surface area contributed by atoms with Crippen LogP contribution in [0.1, 0.15) is 25.2 Å². The SMILES string of the molecule is Cc1csc2nc(CN3CC(C)NC(C)C3)cc(=O)n12.Cl. The number of nitrogens with one attached hydrogen (secondary N) is 1. The summed E-state index contributed by atoms with van der Waals surface area (Å²) in [7, 11) is 0. The molecule has 2 aromatic heterocycles. The molecule has 1 saturated heterocycles. The summed E-state index contributed by atoms with van der Waals surface area (Å²) in [5, 5.41) is 5.49. The molecule has 5 nitrogen and oxygen atoms in total. The van der Waals surface area contributed by atoms with Gasteiger partial charge in [0.25, 0.3) is 5.56 Å². The molecule has 1 N–H and O–H groups in total. The maximum absolute atomic E-state index is 12.2. The van der Waals surface area contributed by atoms with Gasteiger partial charge in [-0.2, -0.15) is 0 Å². The lowest BCUT2D eigenvalue weighted by Crippen LogP contribution is -2.53. The lowest BCUT2D eigenvalue weighted by atomic mass is 10.1. The number of hydrogen-bond acceptors (Lipinski definition) is 5. The van der Waals surface area contributed by atoms with E-state index >= 15 is 0 Å². The third kappa shape index (κ3) is 3.45. The van der Waals surface area contributed by atoms with Gasteiger partial charge in [0.1, 0.15) is 0 Å². The summed E-state index contributed by atoms with van der Waals surface area (Å²) in [5.74, 6) is 0. The molecule has 0 spiro atoms. The van der Waals surface area contributed by atoms with Gasteiger partial charge in [-0.25, -0.2) is 4.98 Å². The summed E-state index contributed by atoms with van der Waals surface area (Å²) < 4.78 is 1.68. The van der Waals surface area contributed by atoms with Crippen LogP contribution >= 0.6 is 23.7 Å². The Hall–Kier alpha value is -0.950. The maximum Gasteiger partial charge on any atom is 0.259 e. The largest absolute Gasteiger partial charge is 0.309 e. The Morgan fingerprint density at radius 2 is 2.05 bits per heavy atom. The number of rotatable bonds is 2. The molecule has 1 aliphatic rings. The molecule has 116 valence electrons. The summed E-state index contributed by atoms with van der Waals surface area (Å²) in [6.07, 6.45) is 0. The van der Waals surface area contributed by atoms with Crippen molar-refractivity contribution < 1.29 is 0 Å². The van der Waals surface area contributed by atoms with Crippen molar-refractivity contribution in [2.45, 2.75) is 39.4 Å². The van der Waals surface area contributed by atoms with Crippen molar-refractivity contribution in [3.05, 3.63) is 33.2 Å². The zero-order valence-electron chi connectivity index (χ0n) is 12.5. The molecular weight excluding hydrogens is 308 g/mol. The molecule has 2 aromatic rings. The first-order valence-electron chi connectivity index (χ1n) is 6.98. The summed E-state index contributed by atoms with van der Waals surface area (Å²) >= 11 is 1.53. The smallest absolute Gasteiger partial charge is 0.259 e. The number of fused-ring (bicyclic) bond motifs is 1. The van der Waals surface area contributed by atoms with Crippen molar-refractivity contribution in [3.63, 3.8) is 0 Å². The van der Waals surface area contributed by atoms with Gasteiger partial charge >= 0.3 is 0 Å². The molecular formula is C14H21ClN4OS. The molecule has 0 aliphatic carbocycles. The van der Waals surface area contributed by atoms with Crippen LogP contribution < -0.4 is 10.9 Å². The first-order valence-corrected chi connectivity index (χ1v) is 7.86. The van der Waals surface area contributed by atoms with Gasteiger partial charge in [0.05, 0.1) is 5.69 Å². The lowest BCUT2D eigenvalue weighted by molar-refractivity contribution is 0.165. The van der Waals surface area contributed by atoms with Gasteiger partial charge in [0.15, 0.2) is 4.96 Å². The number of piperazine rings is 1. The zero-order chi connectivity index (χ0) is 14.3. The molecule has 0 radical (unpaired) electrons. The number of nitrogens with zero attached hydrogens (tertiary/aromatic N) is 3. The number of aryl methyl sites for hydroxylation is 1. The van der Waals surface area contributed by atoms with E-state index in [9.17, 15) is 4.79 Å². The van der Waals surface area contributed by atoms with Crippen LogP contribution in [0.2, 0.25) is 0 Å². The molecule has 2 unspecified atom stereocenters. The van der Waals surface area contributed by atoms with Gasteiger partial charge in [-0.05, 0) is 20.8 Å². The van der Waals surface area contributed by atoms with Crippen LogP contribution in [0, 0.1) is 6.92 Å². The highest BCUT2D eigenvalue weighted by Gasteiger charge is 2.21. The second-order valence-electron chi connectivity index (χ2n) is 5.74. The van der Waals surface area contributed by atoms with E-state index in [1.807, 2.05) is 12.3 Å². The summed E-state index contributed by atoms with van der Waals surface area (Å²) in [4.78, 5) is 19.9. The van der Waals surface area contributed by atoms with E-state index in [4.69, 9.17) is 0 Å². The van der Waals surface area contributed by atoms with Gasteiger partial charge in [-0.3, -0.25) is 14.1 Å². The monoisotopic (exact) mass is 328 g/mol. The molecule has 3 rings (SSSR count). The highest BCUT2D eigenvalue weighted by molar-refractivity contribution is 7.15. The van der Waals surface area contributed by atoms with E-state index in [0.717, 1.165) is 36.0 Å². The highest BCUT2D eigenvalue weighted by atomic mass is 35.5. The molecule has 7 heteroatoms. The Bertz CT molecular complexity index is 673. The normalized spacial score (nSPS) is 23.2. The van der Waals surface area contributed by atoms with Crippen LogP contribution in [0.5, 0.6) is 0 Å². The first-order chi connectivity index (χ1) is 9.52. The lowest BCUT2D eigenvalue weighted by Gasteiger charge is -2.35. The van der Waals surface area contributed by atoms with E-state index in [0.29, 0.717) is 12.1 Å². The van der Waals surface area contributed by atoms with Crippen LogP contribution in [0.15, 0.2) is 16.2 Å². The van der Waals surface area contributed by atoms with Crippen molar-refractivity contribution in [1.82, 2.24) is 19.6 Å². The molecule has 21 heavy (non-hydrogen) atoms. The predicted molar refractivity (Wildman–Crippen MR) is 88.7 cm³/mol. The van der Waals surface area contributed by atoms with Crippen LogP contribution in [0.4, 0.5) is 0 Å². The summed E-state index contributed by atoms with van der Waals surface area (Å²) in [5.41, 5.74) is 1.86. The van der Waals surface area contributed by atoms with E-state index in [-0.39, 0.29) is 18.0 Å². The fourth-order valence-corrected chi connectivity index (χ4v) is 3.87. The minimum absolute atomic E-state index is 0. The van der Waals surface area contributed by atoms with E-state index in [1.54, 1.807) is 10.5 Å². The van der Waals surface area contributed by atoms with Crippen molar-refractivity contribution in [3.8, 4) is 0 Å². The average molecular weight is 329 g/mol. The molecule has 0 bridgehead atoms. The Labute approximate surface area is 134 Å². The minimum Gasteiger partial charge on any atom is -0.309 e. The van der Waals surface area contributed by atoms with Gasteiger partial charge < -0.3 is 5.32 Å². The number of aromatic nitrogens is 2. The number of hydrogen-bond donors (Lipinski definition) is 1. The third-order valence-electron chi connectivity index (χ3n) is 3.65. The quantitative estimate of drug-likeness (QED) is 0.911. The Morgan fingerprint density at radius 1 is 1.38 bits per heavy atom. The van der Waals surface area contributed by atoms with Crippen LogP contribution in [-0.2, 0) is 6.54 Å². The second-order valence-corrected chi connectivity index (χ2v) is 6.58. The van der Waals surface area contributed by atoms with Crippen LogP contribution in [-0.4, -0.2) is 39.5 Å². The van der Waals surface area contributed by atoms with E-state index in [1.165, 1.54) is 11.3 Å². The molecule has 1 aliphatic heterocycles. The zero-order valence-corrected chi connectivity index (χ0v) is 14.1. The van der Waals surface area contributed by atoms with Crippen molar-refractivity contribution >= 4 is 28.7 Å². The maximum atomic E-state index is 12.2. The summed E-state index contributed by atoms with van der Waals surface area (Å²) in [6.45, 7) is 9.06.